The van der Waals surface area contributed by atoms with Crippen LogP contribution < -0.4 is 10.9 Å². The van der Waals surface area contributed by atoms with Crippen molar-refractivity contribution in [3.05, 3.63) is 51.8 Å². The predicted octanol–water partition coefficient (Wildman–Crippen LogP) is 1.86. The van der Waals surface area contributed by atoms with Gasteiger partial charge in [0.1, 0.15) is 6.54 Å². The smallest absolute Gasteiger partial charge is 0.267 e. The van der Waals surface area contributed by atoms with Crippen molar-refractivity contribution in [3.8, 4) is 11.3 Å². The lowest BCUT2D eigenvalue weighted by atomic mass is 10.1. The summed E-state index contributed by atoms with van der Waals surface area (Å²) < 4.78 is 6.61. The molecule has 2 aromatic rings. The molecule has 1 aromatic carbocycles. The van der Waals surface area contributed by atoms with E-state index < -0.39 is 0 Å². The highest BCUT2D eigenvalue weighted by Crippen LogP contribution is 2.19. The molecule has 1 saturated heterocycles. The second-order valence-electron chi connectivity index (χ2n) is 5.66. The molecule has 1 aromatic heterocycles. The summed E-state index contributed by atoms with van der Waals surface area (Å²) in [5.74, 6) is -0.261. The zero-order valence-electron chi connectivity index (χ0n) is 13.1. The first-order chi connectivity index (χ1) is 11.6. The minimum atomic E-state index is -0.326. The summed E-state index contributed by atoms with van der Waals surface area (Å²) in [6.45, 7) is 1.07. The van der Waals surface area contributed by atoms with E-state index in [9.17, 15) is 9.59 Å². The molecule has 0 radical (unpaired) electrons. The van der Waals surface area contributed by atoms with Gasteiger partial charge in [-0.05, 0) is 31.0 Å². The number of hydrogen-bond acceptors (Lipinski definition) is 4. The van der Waals surface area contributed by atoms with Crippen LogP contribution in [0.2, 0.25) is 5.02 Å². The van der Waals surface area contributed by atoms with Crippen LogP contribution in [0.25, 0.3) is 11.3 Å². The Morgan fingerprint density at radius 3 is 3.00 bits per heavy atom. The van der Waals surface area contributed by atoms with Gasteiger partial charge in [0.2, 0.25) is 5.91 Å². The average Bonchev–Trinajstić information content (AvgIpc) is 3.08. The van der Waals surface area contributed by atoms with Gasteiger partial charge in [-0.2, -0.15) is 5.10 Å². The van der Waals surface area contributed by atoms with Crippen LogP contribution in [0.5, 0.6) is 0 Å². The molecule has 6 nitrogen and oxygen atoms in total. The normalized spacial score (nSPS) is 17.0. The van der Waals surface area contributed by atoms with Crippen molar-refractivity contribution in [3.63, 3.8) is 0 Å². The zero-order chi connectivity index (χ0) is 16.9. The number of rotatable bonds is 5. The summed E-state index contributed by atoms with van der Waals surface area (Å²) >= 11 is 5.98. The molecule has 0 aliphatic carbocycles. The fraction of sp³-hybridized carbons (Fsp3) is 0.353. The summed E-state index contributed by atoms with van der Waals surface area (Å²) in [5.41, 5.74) is 1.05. The number of carbonyl (C=O) groups excluding carboxylic acids is 1. The highest BCUT2D eigenvalue weighted by molar-refractivity contribution is 6.30. The zero-order valence-corrected chi connectivity index (χ0v) is 13.8. The maximum absolute atomic E-state index is 12.0. The third-order valence-corrected chi connectivity index (χ3v) is 4.07. The molecule has 3 rings (SSSR count). The highest BCUT2D eigenvalue weighted by Gasteiger charge is 2.16. The van der Waals surface area contributed by atoms with Crippen molar-refractivity contribution in [2.45, 2.75) is 25.5 Å². The van der Waals surface area contributed by atoms with Crippen LogP contribution in [-0.4, -0.2) is 34.9 Å². The number of benzene rings is 1. The molecule has 0 unspecified atom stereocenters. The molecule has 1 aliphatic heterocycles. The monoisotopic (exact) mass is 347 g/mol. The molecule has 1 atom stereocenters. The molecule has 1 fully saturated rings. The third kappa shape index (κ3) is 4.21. The first-order valence-corrected chi connectivity index (χ1v) is 8.22. The van der Waals surface area contributed by atoms with Crippen molar-refractivity contribution < 1.29 is 9.53 Å². The van der Waals surface area contributed by atoms with Gasteiger partial charge in [0.15, 0.2) is 0 Å². The average molecular weight is 348 g/mol. The molecule has 1 amide bonds. The van der Waals surface area contributed by atoms with Crippen LogP contribution in [-0.2, 0) is 16.1 Å². The van der Waals surface area contributed by atoms with Gasteiger partial charge in [0, 0.05) is 29.8 Å². The minimum Gasteiger partial charge on any atom is -0.376 e. The Kier molecular flexibility index (Phi) is 5.27. The van der Waals surface area contributed by atoms with Crippen LogP contribution in [0, 0.1) is 0 Å². The van der Waals surface area contributed by atoms with Gasteiger partial charge in [0.25, 0.3) is 5.56 Å². The molecule has 126 valence electrons. The van der Waals surface area contributed by atoms with Gasteiger partial charge in [0.05, 0.1) is 11.8 Å². The summed E-state index contributed by atoms with van der Waals surface area (Å²) in [6.07, 6.45) is 2.03. The Labute approximate surface area is 144 Å². The van der Waals surface area contributed by atoms with Crippen LogP contribution in [0.4, 0.5) is 0 Å². The van der Waals surface area contributed by atoms with E-state index in [-0.39, 0.29) is 24.1 Å². The number of nitrogens with zero attached hydrogens (tertiary/aromatic N) is 2. The molecular formula is C17H18ClN3O3. The molecular weight excluding hydrogens is 330 g/mol. The predicted molar refractivity (Wildman–Crippen MR) is 90.9 cm³/mol. The van der Waals surface area contributed by atoms with Crippen LogP contribution in [0.1, 0.15) is 12.8 Å². The van der Waals surface area contributed by atoms with Gasteiger partial charge < -0.3 is 10.1 Å². The first-order valence-electron chi connectivity index (χ1n) is 7.84. The van der Waals surface area contributed by atoms with Crippen LogP contribution >= 0.6 is 11.6 Å². The van der Waals surface area contributed by atoms with E-state index in [1.165, 1.54) is 6.07 Å². The molecule has 0 spiro atoms. The summed E-state index contributed by atoms with van der Waals surface area (Å²) in [7, 11) is 0. The topological polar surface area (TPSA) is 73.2 Å². The van der Waals surface area contributed by atoms with E-state index in [1.807, 2.05) is 12.1 Å². The molecule has 1 N–H and O–H groups in total. The number of halogens is 1. The second kappa shape index (κ2) is 7.59. The van der Waals surface area contributed by atoms with Gasteiger partial charge >= 0.3 is 0 Å². The second-order valence-corrected chi connectivity index (χ2v) is 6.10. The first kappa shape index (κ1) is 16.7. The lowest BCUT2D eigenvalue weighted by molar-refractivity contribution is -0.122. The van der Waals surface area contributed by atoms with Gasteiger partial charge in [-0.15, -0.1) is 0 Å². The Bertz CT molecular complexity index is 785. The molecule has 7 heteroatoms. The van der Waals surface area contributed by atoms with Crippen molar-refractivity contribution in [1.82, 2.24) is 15.1 Å². The minimum absolute atomic E-state index is 0.0661. The van der Waals surface area contributed by atoms with E-state index in [1.54, 1.807) is 18.2 Å². The van der Waals surface area contributed by atoms with E-state index in [2.05, 4.69) is 10.4 Å². The van der Waals surface area contributed by atoms with E-state index in [4.69, 9.17) is 16.3 Å². The lowest BCUT2D eigenvalue weighted by Gasteiger charge is -2.11. The molecule has 24 heavy (non-hydrogen) atoms. The number of aromatic nitrogens is 2. The van der Waals surface area contributed by atoms with E-state index in [0.29, 0.717) is 17.3 Å². The Morgan fingerprint density at radius 2 is 2.25 bits per heavy atom. The molecule has 0 saturated carbocycles. The van der Waals surface area contributed by atoms with Crippen molar-refractivity contribution in [2.24, 2.45) is 0 Å². The number of ether oxygens (including phenoxy) is 1. The third-order valence-electron chi connectivity index (χ3n) is 3.83. The van der Waals surface area contributed by atoms with Gasteiger partial charge in [-0.25, -0.2) is 4.68 Å². The van der Waals surface area contributed by atoms with Gasteiger partial charge in [-0.1, -0.05) is 23.7 Å². The lowest BCUT2D eigenvalue weighted by Crippen LogP contribution is -2.37. The largest absolute Gasteiger partial charge is 0.376 e. The van der Waals surface area contributed by atoms with Crippen LogP contribution in [0.3, 0.4) is 0 Å². The summed E-state index contributed by atoms with van der Waals surface area (Å²) in [5, 5.41) is 7.63. The highest BCUT2D eigenvalue weighted by atomic mass is 35.5. The van der Waals surface area contributed by atoms with Crippen molar-refractivity contribution >= 4 is 17.5 Å². The molecule has 1 aliphatic rings. The Morgan fingerprint density at radius 1 is 1.38 bits per heavy atom. The van der Waals surface area contributed by atoms with Crippen molar-refractivity contribution in [2.75, 3.05) is 13.2 Å². The fourth-order valence-electron chi connectivity index (χ4n) is 2.59. The number of nitrogens with one attached hydrogen (secondary N) is 1. The summed E-state index contributed by atoms with van der Waals surface area (Å²) in [6, 6.07) is 10.2. The SMILES string of the molecule is O=C(Cn1nc(-c2cccc(Cl)c2)ccc1=O)NC[C@H]1CCCO1. The van der Waals surface area contributed by atoms with Gasteiger partial charge in [-0.3, -0.25) is 9.59 Å². The fourth-order valence-corrected chi connectivity index (χ4v) is 2.78. The molecule has 0 bridgehead atoms. The van der Waals surface area contributed by atoms with E-state index in [0.717, 1.165) is 29.7 Å². The Hall–Kier alpha value is -2.18. The quantitative estimate of drug-likeness (QED) is 0.896. The van der Waals surface area contributed by atoms with Crippen molar-refractivity contribution in [1.29, 1.82) is 0 Å². The Balaban J connectivity index is 1.69. The van der Waals surface area contributed by atoms with E-state index >= 15 is 0 Å². The van der Waals surface area contributed by atoms with Crippen LogP contribution in [0.15, 0.2) is 41.2 Å². The summed E-state index contributed by atoms with van der Waals surface area (Å²) in [4.78, 5) is 24.0. The molecule has 2 heterocycles. The maximum atomic E-state index is 12.0. The number of hydrogen-bond donors (Lipinski definition) is 1. The standard InChI is InChI=1S/C17H18ClN3O3/c18-13-4-1-3-12(9-13)15-6-7-17(23)21(20-15)11-16(22)19-10-14-5-2-8-24-14/h1,3-4,6-7,9,14H,2,5,8,10-11H2,(H,19,22)/t14-/m1/s1. The maximum Gasteiger partial charge on any atom is 0.267 e. The number of carbonyl (C=O) groups is 1. The number of amides is 1.